The first-order chi connectivity index (χ1) is 8.10. The van der Waals surface area contributed by atoms with E-state index in [0.29, 0.717) is 19.0 Å². The second kappa shape index (κ2) is 6.75. The molecule has 1 aromatic heterocycles. The predicted octanol–water partition coefficient (Wildman–Crippen LogP) is 2.68. The molecule has 1 rings (SSSR count). The molecule has 0 aliphatic rings. The van der Waals surface area contributed by atoms with Crippen LogP contribution in [0, 0.1) is 18.3 Å². The Bertz CT molecular complexity index is 378. The van der Waals surface area contributed by atoms with E-state index in [0.717, 1.165) is 6.54 Å². The zero-order valence-electron chi connectivity index (χ0n) is 10.8. The molecule has 0 amide bonds. The lowest BCUT2D eigenvalue weighted by Gasteiger charge is -2.33. The largest absolute Gasteiger partial charge is 0.329 e. The fraction of sp³-hybridized carbons (Fsp3) is 0.615. The SMILES string of the molecule is Cc1ccc(C(CN)N(CCC#N)C(C)C)s1. The number of hydrogen-bond acceptors (Lipinski definition) is 4. The predicted molar refractivity (Wildman–Crippen MR) is 72.9 cm³/mol. The fourth-order valence-corrected chi connectivity index (χ4v) is 3.01. The van der Waals surface area contributed by atoms with E-state index in [1.807, 2.05) is 0 Å². The summed E-state index contributed by atoms with van der Waals surface area (Å²) in [5.74, 6) is 0. The molecular weight excluding hydrogens is 230 g/mol. The zero-order chi connectivity index (χ0) is 12.8. The van der Waals surface area contributed by atoms with Crippen LogP contribution in [0.25, 0.3) is 0 Å². The van der Waals surface area contributed by atoms with Crippen molar-refractivity contribution >= 4 is 11.3 Å². The third kappa shape index (κ3) is 3.81. The minimum absolute atomic E-state index is 0.238. The summed E-state index contributed by atoms with van der Waals surface area (Å²) >= 11 is 1.80. The summed E-state index contributed by atoms with van der Waals surface area (Å²) in [5, 5.41) is 8.72. The highest BCUT2D eigenvalue weighted by molar-refractivity contribution is 7.12. The number of nitrogens with two attached hydrogens (primary N) is 1. The Balaban J connectivity index is 2.85. The van der Waals surface area contributed by atoms with Gasteiger partial charge in [0.25, 0.3) is 0 Å². The van der Waals surface area contributed by atoms with Crippen molar-refractivity contribution in [1.82, 2.24) is 4.90 Å². The van der Waals surface area contributed by atoms with Crippen LogP contribution in [0.3, 0.4) is 0 Å². The van der Waals surface area contributed by atoms with Gasteiger partial charge in [-0.3, -0.25) is 4.90 Å². The van der Waals surface area contributed by atoms with E-state index in [1.165, 1.54) is 9.75 Å². The number of thiophene rings is 1. The maximum Gasteiger partial charge on any atom is 0.0635 e. The average Bonchev–Trinajstić information content (AvgIpc) is 2.70. The summed E-state index contributed by atoms with van der Waals surface area (Å²) in [6.45, 7) is 7.80. The van der Waals surface area contributed by atoms with Crippen molar-refractivity contribution < 1.29 is 0 Å². The Morgan fingerprint density at radius 2 is 2.18 bits per heavy atom. The van der Waals surface area contributed by atoms with Crippen molar-refractivity contribution in [1.29, 1.82) is 5.26 Å². The third-order valence-corrected chi connectivity index (χ3v) is 3.96. The minimum atomic E-state index is 0.238. The molecule has 1 unspecified atom stereocenters. The van der Waals surface area contributed by atoms with Crippen LogP contribution in [0.15, 0.2) is 12.1 Å². The molecular formula is C13H21N3S. The van der Waals surface area contributed by atoms with E-state index in [2.05, 4.69) is 43.9 Å². The van der Waals surface area contributed by atoms with E-state index in [-0.39, 0.29) is 6.04 Å². The molecule has 4 heteroatoms. The number of rotatable bonds is 6. The van der Waals surface area contributed by atoms with Crippen molar-refractivity contribution in [3.63, 3.8) is 0 Å². The summed E-state index contributed by atoms with van der Waals surface area (Å²) in [6, 6.07) is 7.13. The van der Waals surface area contributed by atoms with Crippen LogP contribution in [-0.2, 0) is 0 Å². The normalized spacial score (nSPS) is 13.0. The Morgan fingerprint density at radius 1 is 1.47 bits per heavy atom. The molecule has 3 nitrogen and oxygen atoms in total. The molecule has 17 heavy (non-hydrogen) atoms. The van der Waals surface area contributed by atoms with Crippen molar-refractivity contribution in [2.24, 2.45) is 5.73 Å². The molecule has 1 heterocycles. The van der Waals surface area contributed by atoms with E-state index < -0.39 is 0 Å². The van der Waals surface area contributed by atoms with Gasteiger partial charge >= 0.3 is 0 Å². The Morgan fingerprint density at radius 3 is 2.59 bits per heavy atom. The van der Waals surface area contributed by atoms with Gasteiger partial charge in [-0.25, -0.2) is 0 Å². The van der Waals surface area contributed by atoms with Crippen molar-refractivity contribution in [3.8, 4) is 6.07 Å². The quantitative estimate of drug-likeness (QED) is 0.845. The van der Waals surface area contributed by atoms with Gasteiger partial charge in [-0.1, -0.05) is 0 Å². The molecule has 0 saturated heterocycles. The molecule has 0 aromatic carbocycles. The van der Waals surface area contributed by atoms with Gasteiger partial charge in [0.1, 0.15) is 0 Å². The first-order valence-corrected chi connectivity index (χ1v) is 6.81. The second-order valence-electron chi connectivity index (χ2n) is 4.44. The lowest BCUT2D eigenvalue weighted by molar-refractivity contribution is 0.163. The van der Waals surface area contributed by atoms with Gasteiger partial charge < -0.3 is 5.73 Å². The maximum atomic E-state index is 8.72. The molecule has 0 bridgehead atoms. The van der Waals surface area contributed by atoms with Crippen LogP contribution in [0.4, 0.5) is 0 Å². The molecule has 1 aromatic rings. The van der Waals surface area contributed by atoms with E-state index in [9.17, 15) is 0 Å². The average molecular weight is 251 g/mol. The first-order valence-electron chi connectivity index (χ1n) is 5.99. The minimum Gasteiger partial charge on any atom is -0.329 e. The standard InChI is InChI=1S/C13H21N3S/c1-10(2)16(8-4-7-14)12(9-15)13-6-5-11(3)17-13/h5-6,10,12H,4,8-9,15H2,1-3H3. The van der Waals surface area contributed by atoms with Crippen LogP contribution >= 0.6 is 11.3 Å². The number of hydrogen-bond donors (Lipinski definition) is 1. The van der Waals surface area contributed by atoms with Gasteiger partial charge in [0.15, 0.2) is 0 Å². The summed E-state index contributed by atoms with van der Waals surface area (Å²) in [5.41, 5.74) is 5.91. The lowest BCUT2D eigenvalue weighted by atomic mass is 10.1. The molecule has 1 atom stereocenters. The number of nitrogens with zero attached hydrogens (tertiary/aromatic N) is 2. The molecule has 0 aliphatic carbocycles. The van der Waals surface area contributed by atoms with Gasteiger partial charge in [0, 0.05) is 35.3 Å². The molecule has 94 valence electrons. The summed E-state index contributed by atoms with van der Waals surface area (Å²) in [4.78, 5) is 4.92. The number of aryl methyl sites for hydroxylation is 1. The lowest BCUT2D eigenvalue weighted by Crippen LogP contribution is -2.38. The van der Waals surface area contributed by atoms with E-state index in [4.69, 9.17) is 11.0 Å². The summed E-state index contributed by atoms with van der Waals surface area (Å²) in [6.07, 6.45) is 0.555. The topological polar surface area (TPSA) is 53.0 Å². The van der Waals surface area contributed by atoms with Gasteiger partial charge in [0.05, 0.1) is 12.1 Å². The fourth-order valence-electron chi connectivity index (χ4n) is 2.00. The van der Waals surface area contributed by atoms with E-state index >= 15 is 0 Å². The van der Waals surface area contributed by atoms with Gasteiger partial charge in [-0.15, -0.1) is 11.3 Å². The third-order valence-electron chi connectivity index (χ3n) is 2.86. The van der Waals surface area contributed by atoms with Gasteiger partial charge in [-0.05, 0) is 32.9 Å². The highest BCUT2D eigenvalue weighted by Gasteiger charge is 2.22. The summed E-state index contributed by atoms with van der Waals surface area (Å²) < 4.78 is 0. The highest BCUT2D eigenvalue weighted by atomic mass is 32.1. The monoisotopic (exact) mass is 251 g/mol. The first kappa shape index (κ1) is 14.2. The Labute approximate surface area is 108 Å². The van der Waals surface area contributed by atoms with Crippen LogP contribution in [-0.4, -0.2) is 24.0 Å². The Hall–Kier alpha value is -0.890. The van der Waals surface area contributed by atoms with Crippen molar-refractivity contribution in [2.75, 3.05) is 13.1 Å². The zero-order valence-corrected chi connectivity index (χ0v) is 11.6. The maximum absolute atomic E-state index is 8.72. The van der Waals surface area contributed by atoms with Crippen molar-refractivity contribution in [3.05, 3.63) is 21.9 Å². The van der Waals surface area contributed by atoms with Crippen LogP contribution in [0.1, 0.15) is 36.1 Å². The molecule has 0 aliphatic heterocycles. The molecule has 0 spiro atoms. The smallest absolute Gasteiger partial charge is 0.0635 e. The van der Waals surface area contributed by atoms with Crippen LogP contribution in [0.2, 0.25) is 0 Å². The van der Waals surface area contributed by atoms with Gasteiger partial charge in [-0.2, -0.15) is 5.26 Å². The van der Waals surface area contributed by atoms with Crippen molar-refractivity contribution in [2.45, 2.75) is 39.3 Å². The second-order valence-corrected chi connectivity index (χ2v) is 5.76. The molecule has 2 N–H and O–H groups in total. The highest BCUT2D eigenvalue weighted by Crippen LogP contribution is 2.28. The molecule has 0 saturated carbocycles. The number of nitriles is 1. The van der Waals surface area contributed by atoms with Gasteiger partial charge in [0.2, 0.25) is 0 Å². The van der Waals surface area contributed by atoms with Crippen LogP contribution in [0.5, 0.6) is 0 Å². The summed E-state index contributed by atoms with van der Waals surface area (Å²) in [7, 11) is 0. The molecule has 0 radical (unpaired) electrons. The van der Waals surface area contributed by atoms with E-state index in [1.54, 1.807) is 11.3 Å². The Kier molecular flexibility index (Phi) is 5.63. The van der Waals surface area contributed by atoms with Crippen LogP contribution < -0.4 is 5.73 Å². The molecule has 0 fully saturated rings.